The minimum atomic E-state index is 0.399. The number of carbonyl (C=O) groups is 1. The molecule has 1 saturated carbocycles. The third-order valence-electron chi connectivity index (χ3n) is 3.27. The second-order valence-electron chi connectivity index (χ2n) is 4.99. The van der Waals surface area contributed by atoms with Gasteiger partial charge in [-0.05, 0) is 32.2 Å². The summed E-state index contributed by atoms with van der Waals surface area (Å²) in [5.74, 6) is 1.24. The molecule has 0 aromatic heterocycles. The van der Waals surface area contributed by atoms with Crippen molar-refractivity contribution in [1.29, 1.82) is 0 Å². The molecule has 1 rings (SSSR count). The van der Waals surface area contributed by atoms with Gasteiger partial charge in [-0.15, -0.1) is 0 Å². The molecule has 0 heterocycles. The molecule has 1 aliphatic rings. The summed E-state index contributed by atoms with van der Waals surface area (Å²) in [6.45, 7) is 3.85. The molecular formula is C13H25NO. The SMILES string of the molecule is CCCC(=O)CN(C)CC1CCCCC1. The first kappa shape index (κ1) is 12.7. The van der Waals surface area contributed by atoms with Gasteiger partial charge in [0.2, 0.25) is 0 Å². The fraction of sp³-hybridized carbons (Fsp3) is 0.923. The third kappa shape index (κ3) is 5.31. The molecule has 0 atom stereocenters. The summed E-state index contributed by atoms with van der Waals surface area (Å²) in [6.07, 6.45) is 8.65. The maximum atomic E-state index is 11.5. The smallest absolute Gasteiger partial charge is 0.146 e. The second-order valence-corrected chi connectivity index (χ2v) is 4.99. The summed E-state index contributed by atoms with van der Waals surface area (Å²) >= 11 is 0. The quantitative estimate of drug-likeness (QED) is 0.673. The van der Waals surface area contributed by atoms with Crippen molar-refractivity contribution < 1.29 is 4.79 Å². The van der Waals surface area contributed by atoms with Crippen LogP contribution in [0, 0.1) is 5.92 Å². The van der Waals surface area contributed by atoms with E-state index in [0.717, 1.165) is 25.3 Å². The monoisotopic (exact) mass is 211 g/mol. The van der Waals surface area contributed by atoms with E-state index in [1.165, 1.54) is 32.1 Å². The van der Waals surface area contributed by atoms with E-state index >= 15 is 0 Å². The van der Waals surface area contributed by atoms with Crippen LogP contribution < -0.4 is 0 Å². The summed E-state index contributed by atoms with van der Waals surface area (Å²) in [5, 5.41) is 0. The number of rotatable bonds is 6. The average molecular weight is 211 g/mol. The summed E-state index contributed by atoms with van der Waals surface area (Å²) < 4.78 is 0. The van der Waals surface area contributed by atoms with E-state index in [0.29, 0.717) is 12.3 Å². The van der Waals surface area contributed by atoms with Crippen molar-refractivity contribution in [2.45, 2.75) is 51.9 Å². The van der Waals surface area contributed by atoms with Gasteiger partial charge < -0.3 is 0 Å². The number of hydrogen-bond acceptors (Lipinski definition) is 2. The number of Topliss-reactive ketones (excluding diaryl/α,β-unsaturated/α-hetero) is 1. The first-order chi connectivity index (χ1) is 7.22. The molecule has 0 spiro atoms. The molecular weight excluding hydrogens is 186 g/mol. The van der Waals surface area contributed by atoms with Crippen LogP contribution in [-0.4, -0.2) is 30.8 Å². The predicted molar refractivity (Wildman–Crippen MR) is 64.0 cm³/mol. The normalized spacial score (nSPS) is 18.3. The van der Waals surface area contributed by atoms with Crippen molar-refractivity contribution in [1.82, 2.24) is 4.90 Å². The molecule has 0 unspecified atom stereocenters. The highest BCUT2D eigenvalue weighted by atomic mass is 16.1. The van der Waals surface area contributed by atoms with Crippen LogP contribution in [0.3, 0.4) is 0 Å². The van der Waals surface area contributed by atoms with E-state index in [1.807, 2.05) is 0 Å². The zero-order valence-electron chi connectivity index (χ0n) is 10.3. The number of carbonyl (C=O) groups excluding carboxylic acids is 1. The Bertz CT molecular complexity index is 185. The van der Waals surface area contributed by atoms with E-state index in [2.05, 4.69) is 18.9 Å². The zero-order chi connectivity index (χ0) is 11.1. The van der Waals surface area contributed by atoms with Gasteiger partial charge in [-0.25, -0.2) is 0 Å². The Balaban J connectivity index is 2.16. The van der Waals surface area contributed by atoms with Crippen molar-refractivity contribution in [2.75, 3.05) is 20.1 Å². The molecule has 15 heavy (non-hydrogen) atoms. The van der Waals surface area contributed by atoms with Gasteiger partial charge in [0.05, 0.1) is 6.54 Å². The van der Waals surface area contributed by atoms with Gasteiger partial charge in [0.25, 0.3) is 0 Å². The average Bonchev–Trinajstić information content (AvgIpc) is 2.19. The Morgan fingerprint density at radius 3 is 2.53 bits per heavy atom. The molecule has 0 aromatic rings. The summed E-state index contributed by atoms with van der Waals surface area (Å²) in [7, 11) is 2.09. The van der Waals surface area contributed by atoms with Crippen LogP contribution in [0.4, 0.5) is 0 Å². The van der Waals surface area contributed by atoms with Gasteiger partial charge in [-0.1, -0.05) is 26.2 Å². The Morgan fingerprint density at radius 1 is 1.27 bits per heavy atom. The summed E-state index contributed by atoms with van der Waals surface area (Å²) in [6, 6.07) is 0. The largest absolute Gasteiger partial charge is 0.299 e. The summed E-state index contributed by atoms with van der Waals surface area (Å²) in [5.41, 5.74) is 0. The molecule has 0 bridgehead atoms. The highest BCUT2D eigenvalue weighted by molar-refractivity contribution is 5.80. The number of hydrogen-bond donors (Lipinski definition) is 0. The lowest BCUT2D eigenvalue weighted by Gasteiger charge is -2.26. The summed E-state index contributed by atoms with van der Waals surface area (Å²) in [4.78, 5) is 13.7. The highest BCUT2D eigenvalue weighted by Gasteiger charge is 2.16. The van der Waals surface area contributed by atoms with Gasteiger partial charge in [0.15, 0.2) is 0 Å². The molecule has 2 heteroatoms. The van der Waals surface area contributed by atoms with E-state index in [9.17, 15) is 4.79 Å². The van der Waals surface area contributed by atoms with Crippen molar-refractivity contribution in [3.63, 3.8) is 0 Å². The second kappa shape index (κ2) is 7.00. The molecule has 88 valence electrons. The van der Waals surface area contributed by atoms with Crippen molar-refractivity contribution in [2.24, 2.45) is 5.92 Å². The van der Waals surface area contributed by atoms with Crippen molar-refractivity contribution in [3.05, 3.63) is 0 Å². The lowest BCUT2D eigenvalue weighted by atomic mass is 9.89. The molecule has 2 nitrogen and oxygen atoms in total. The third-order valence-corrected chi connectivity index (χ3v) is 3.27. The van der Waals surface area contributed by atoms with E-state index in [4.69, 9.17) is 0 Å². The van der Waals surface area contributed by atoms with E-state index < -0.39 is 0 Å². The highest BCUT2D eigenvalue weighted by Crippen LogP contribution is 2.23. The fourth-order valence-electron chi connectivity index (χ4n) is 2.53. The minimum Gasteiger partial charge on any atom is -0.299 e. The van der Waals surface area contributed by atoms with Crippen LogP contribution in [0.5, 0.6) is 0 Å². The Hall–Kier alpha value is -0.370. The molecule has 0 radical (unpaired) electrons. The van der Waals surface area contributed by atoms with Crippen LogP contribution in [0.15, 0.2) is 0 Å². The molecule has 0 aliphatic heterocycles. The van der Waals surface area contributed by atoms with Crippen molar-refractivity contribution in [3.8, 4) is 0 Å². The zero-order valence-corrected chi connectivity index (χ0v) is 10.3. The number of nitrogens with zero attached hydrogens (tertiary/aromatic N) is 1. The molecule has 0 amide bonds. The minimum absolute atomic E-state index is 0.399. The van der Waals surface area contributed by atoms with Gasteiger partial charge >= 0.3 is 0 Å². The molecule has 1 fully saturated rings. The van der Waals surface area contributed by atoms with E-state index in [-0.39, 0.29) is 0 Å². The molecule has 0 aromatic carbocycles. The first-order valence-electron chi connectivity index (χ1n) is 6.42. The number of ketones is 1. The maximum absolute atomic E-state index is 11.5. The maximum Gasteiger partial charge on any atom is 0.146 e. The Labute approximate surface area is 94.0 Å². The molecule has 0 saturated heterocycles. The van der Waals surface area contributed by atoms with Gasteiger partial charge in [-0.3, -0.25) is 9.69 Å². The topological polar surface area (TPSA) is 20.3 Å². The molecule has 0 N–H and O–H groups in total. The fourth-order valence-corrected chi connectivity index (χ4v) is 2.53. The van der Waals surface area contributed by atoms with Crippen LogP contribution in [-0.2, 0) is 4.79 Å². The standard InChI is InChI=1S/C13H25NO/c1-3-7-13(15)11-14(2)10-12-8-5-4-6-9-12/h12H,3-11H2,1-2H3. The lowest BCUT2D eigenvalue weighted by Crippen LogP contribution is -2.31. The molecule has 1 aliphatic carbocycles. The van der Waals surface area contributed by atoms with Gasteiger partial charge in [-0.2, -0.15) is 0 Å². The van der Waals surface area contributed by atoms with Crippen LogP contribution in [0.1, 0.15) is 51.9 Å². The Morgan fingerprint density at radius 2 is 1.93 bits per heavy atom. The Kier molecular flexibility index (Phi) is 5.92. The van der Waals surface area contributed by atoms with Crippen LogP contribution >= 0.6 is 0 Å². The van der Waals surface area contributed by atoms with Gasteiger partial charge in [0, 0.05) is 13.0 Å². The van der Waals surface area contributed by atoms with Crippen molar-refractivity contribution >= 4 is 5.78 Å². The van der Waals surface area contributed by atoms with Crippen LogP contribution in [0.2, 0.25) is 0 Å². The lowest BCUT2D eigenvalue weighted by molar-refractivity contribution is -0.120. The van der Waals surface area contributed by atoms with E-state index in [1.54, 1.807) is 0 Å². The van der Waals surface area contributed by atoms with Gasteiger partial charge in [0.1, 0.15) is 5.78 Å². The first-order valence-corrected chi connectivity index (χ1v) is 6.42. The predicted octanol–water partition coefficient (Wildman–Crippen LogP) is 2.87. The van der Waals surface area contributed by atoms with Crippen LogP contribution in [0.25, 0.3) is 0 Å². The number of likely N-dealkylation sites (N-methyl/N-ethyl adjacent to an activating group) is 1.